The maximum absolute atomic E-state index is 13.6. The number of carbonyl (C=O) groups is 2. The molecule has 0 radical (unpaired) electrons. The van der Waals surface area contributed by atoms with Crippen molar-refractivity contribution in [2.24, 2.45) is 0 Å². The molecule has 9 heteroatoms. The lowest BCUT2D eigenvalue weighted by molar-refractivity contribution is -0.119. The summed E-state index contributed by atoms with van der Waals surface area (Å²) in [6.07, 6.45) is 8.39. The van der Waals surface area contributed by atoms with E-state index >= 15 is 0 Å². The molecular formula is C24H26N4O3S2. The summed E-state index contributed by atoms with van der Waals surface area (Å²) in [5.41, 5.74) is 6.61. The van der Waals surface area contributed by atoms with E-state index in [2.05, 4.69) is 10.9 Å². The Morgan fingerprint density at radius 3 is 2.61 bits per heavy atom. The van der Waals surface area contributed by atoms with Crippen molar-refractivity contribution >= 4 is 45.1 Å². The number of nitrogens with zero attached hydrogens (tertiary/aromatic N) is 2. The Morgan fingerprint density at radius 1 is 1.06 bits per heavy atom. The molecule has 2 amide bonds. The molecule has 0 spiro atoms. The minimum Gasteiger partial charge on any atom is -0.284 e. The molecule has 1 fully saturated rings. The third-order valence-electron chi connectivity index (χ3n) is 6.36. The van der Waals surface area contributed by atoms with Gasteiger partial charge in [-0.25, -0.2) is 4.98 Å². The van der Waals surface area contributed by atoms with E-state index in [1.165, 1.54) is 22.2 Å². The summed E-state index contributed by atoms with van der Waals surface area (Å²) in [5, 5.41) is 1.40. The molecule has 2 heterocycles. The number of hydrogen-bond donors (Lipinski definition) is 2. The van der Waals surface area contributed by atoms with Crippen molar-refractivity contribution in [3.63, 3.8) is 0 Å². The van der Waals surface area contributed by atoms with Gasteiger partial charge in [0.1, 0.15) is 4.83 Å². The van der Waals surface area contributed by atoms with Crippen molar-refractivity contribution < 1.29 is 9.59 Å². The predicted octanol–water partition coefficient (Wildman–Crippen LogP) is 4.01. The summed E-state index contributed by atoms with van der Waals surface area (Å²) < 4.78 is 1.84. The van der Waals surface area contributed by atoms with Gasteiger partial charge in [-0.2, -0.15) is 0 Å². The van der Waals surface area contributed by atoms with Gasteiger partial charge in [-0.1, -0.05) is 42.8 Å². The van der Waals surface area contributed by atoms with Gasteiger partial charge in [0.2, 0.25) is 5.91 Å². The molecule has 7 nitrogen and oxygen atoms in total. The number of aryl methyl sites for hydroxylation is 2. The van der Waals surface area contributed by atoms with Crippen molar-refractivity contribution in [2.45, 2.75) is 62.6 Å². The molecular weight excluding hydrogens is 456 g/mol. The van der Waals surface area contributed by atoms with Crippen molar-refractivity contribution in [1.82, 2.24) is 20.4 Å². The highest BCUT2D eigenvalue weighted by Crippen LogP contribution is 2.37. The second kappa shape index (κ2) is 9.69. The molecule has 2 aliphatic carbocycles. The molecule has 2 N–H and O–H groups in total. The lowest BCUT2D eigenvalue weighted by Gasteiger charge is -2.18. The maximum atomic E-state index is 13.6. The second-order valence-corrected chi connectivity index (χ2v) is 10.6. The first-order valence-corrected chi connectivity index (χ1v) is 13.3. The zero-order valence-electron chi connectivity index (χ0n) is 18.3. The van der Waals surface area contributed by atoms with Gasteiger partial charge in [0.05, 0.1) is 11.1 Å². The number of aromatic nitrogens is 2. The molecule has 3 aromatic rings. The number of thioether (sulfide) groups is 1. The predicted molar refractivity (Wildman–Crippen MR) is 131 cm³/mol. The quantitative estimate of drug-likeness (QED) is 0.326. The molecule has 0 atom stereocenters. The van der Waals surface area contributed by atoms with Gasteiger partial charge in [-0.05, 0) is 56.2 Å². The Balaban J connectivity index is 1.35. The standard InChI is InChI=1S/C24H26N4O3S2/c29-19(26-27-21(30)15-8-2-1-3-9-15)14-32-24-25-22-20(17-12-6-7-13-18(17)33-22)23(31)28(24)16-10-4-5-11-16/h1-3,8-9,16H,4-7,10-14H2,(H,26,29)(H,27,30). The van der Waals surface area contributed by atoms with E-state index in [0.717, 1.165) is 61.6 Å². The minimum absolute atomic E-state index is 0.0478. The number of amides is 2. The molecule has 0 bridgehead atoms. The highest BCUT2D eigenvalue weighted by molar-refractivity contribution is 7.99. The number of carbonyl (C=O) groups excluding carboxylic acids is 2. The molecule has 1 aromatic carbocycles. The summed E-state index contributed by atoms with van der Waals surface area (Å²) in [6.45, 7) is 0. The number of thiophene rings is 1. The van der Waals surface area contributed by atoms with E-state index in [9.17, 15) is 14.4 Å². The number of nitrogens with one attached hydrogen (secondary N) is 2. The van der Waals surface area contributed by atoms with Crippen molar-refractivity contribution in [1.29, 1.82) is 0 Å². The number of hydrogen-bond acceptors (Lipinski definition) is 6. The van der Waals surface area contributed by atoms with Crippen LogP contribution in [0.1, 0.15) is 65.4 Å². The number of rotatable bonds is 5. The summed E-state index contributed by atoms with van der Waals surface area (Å²) in [4.78, 5) is 45.2. The normalized spacial score (nSPS) is 16.0. The van der Waals surface area contributed by atoms with E-state index in [0.29, 0.717) is 10.7 Å². The molecule has 0 aliphatic heterocycles. The molecule has 33 heavy (non-hydrogen) atoms. The Kier molecular flexibility index (Phi) is 6.50. The number of benzene rings is 1. The second-order valence-electron chi connectivity index (χ2n) is 8.56. The molecule has 1 saturated carbocycles. The van der Waals surface area contributed by atoms with Crippen LogP contribution in [-0.2, 0) is 17.6 Å². The van der Waals surface area contributed by atoms with Gasteiger partial charge in [-0.3, -0.25) is 29.8 Å². The summed E-state index contributed by atoms with van der Waals surface area (Å²) in [6, 6.07) is 8.84. The van der Waals surface area contributed by atoms with Crippen LogP contribution in [0.25, 0.3) is 10.2 Å². The van der Waals surface area contributed by atoms with E-state index < -0.39 is 0 Å². The SMILES string of the molecule is O=C(CSc1nc2sc3c(c2c(=O)n1C1CCCC1)CCCC3)NNC(=O)c1ccccc1. The van der Waals surface area contributed by atoms with Crippen LogP contribution in [0.2, 0.25) is 0 Å². The molecule has 2 aliphatic rings. The third kappa shape index (κ3) is 4.56. The first kappa shape index (κ1) is 22.2. The van der Waals surface area contributed by atoms with Gasteiger partial charge in [-0.15, -0.1) is 11.3 Å². The van der Waals surface area contributed by atoms with E-state index in [-0.39, 0.29) is 29.2 Å². The maximum Gasteiger partial charge on any atom is 0.269 e. The molecule has 2 aromatic heterocycles. The minimum atomic E-state index is -0.375. The van der Waals surface area contributed by atoms with Crippen molar-refractivity contribution in [2.75, 3.05) is 5.75 Å². The largest absolute Gasteiger partial charge is 0.284 e. The topological polar surface area (TPSA) is 93.1 Å². The summed E-state index contributed by atoms with van der Waals surface area (Å²) in [7, 11) is 0. The highest BCUT2D eigenvalue weighted by atomic mass is 32.2. The van der Waals surface area contributed by atoms with E-state index in [1.807, 2.05) is 10.6 Å². The van der Waals surface area contributed by atoms with Crippen LogP contribution >= 0.6 is 23.1 Å². The average molecular weight is 483 g/mol. The van der Waals surface area contributed by atoms with E-state index in [4.69, 9.17) is 4.98 Å². The Morgan fingerprint density at radius 2 is 1.82 bits per heavy atom. The molecule has 0 saturated heterocycles. The Labute approximate surface area is 200 Å². The van der Waals surface area contributed by atoms with Gasteiger partial charge >= 0.3 is 0 Å². The fourth-order valence-corrected chi connectivity index (χ4v) is 6.91. The zero-order valence-corrected chi connectivity index (χ0v) is 19.9. The third-order valence-corrected chi connectivity index (χ3v) is 8.50. The molecule has 5 rings (SSSR count). The Bertz CT molecular complexity index is 1250. The fourth-order valence-electron chi connectivity index (χ4n) is 4.74. The number of fused-ring (bicyclic) bond motifs is 3. The lowest BCUT2D eigenvalue weighted by Crippen LogP contribution is -2.42. The monoisotopic (exact) mass is 482 g/mol. The smallest absolute Gasteiger partial charge is 0.269 e. The van der Waals surface area contributed by atoms with Crippen molar-refractivity contribution in [3.8, 4) is 0 Å². The van der Waals surface area contributed by atoms with E-state index in [1.54, 1.807) is 35.6 Å². The van der Waals surface area contributed by atoms with Crippen LogP contribution in [0.4, 0.5) is 0 Å². The van der Waals surface area contributed by atoms with Crippen LogP contribution in [0.3, 0.4) is 0 Å². The average Bonchev–Trinajstić information content (AvgIpc) is 3.49. The zero-order chi connectivity index (χ0) is 22.8. The Hall–Kier alpha value is -2.65. The van der Waals surface area contributed by atoms with Crippen LogP contribution in [0.5, 0.6) is 0 Å². The van der Waals surface area contributed by atoms with Crippen LogP contribution in [0.15, 0.2) is 40.3 Å². The molecule has 172 valence electrons. The summed E-state index contributed by atoms with van der Waals surface area (Å²) in [5.74, 6) is -0.659. The number of hydrazine groups is 1. The lowest BCUT2D eigenvalue weighted by atomic mass is 9.97. The summed E-state index contributed by atoms with van der Waals surface area (Å²) >= 11 is 2.89. The van der Waals surface area contributed by atoms with Gasteiger partial charge < -0.3 is 0 Å². The fraction of sp³-hybridized carbons (Fsp3) is 0.417. The van der Waals surface area contributed by atoms with Gasteiger partial charge in [0, 0.05) is 16.5 Å². The van der Waals surface area contributed by atoms with Gasteiger partial charge in [0.25, 0.3) is 11.5 Å². The first-order valence-electron chi connectivity index (χ1n) is 11.5. The van der Waals surface area contributed by atoms with Crippen LogP contribution in [-0.4, -0.2) is 27.1 Å². The highest BCUT2D eigenvalue weighted by Gasteiger charge is 2.27. The van der Waals surface area contributed by atoms with Crippen LogP contribution < -0.4 is 16.4 Å². The van der Waals surface area contributed by atoms with Gasteiger partial charge in [0.15, 0.2) is 5.16 Å². The first-order chi connectivity index (χ1) is 16.1. The molecule has 0 unspecified atom stereocenters. The van der Waals surface area contributed by atoms with Crippen molar-refractivity contribution in [3.05, 3.63) is 56.7 Å². The van der Waals surface area contributed by atoms with Crippen LogP contribution in [0, 0.1) is 0 Å².